The van der Waals surface area contributed by atoms with Gasteiger partial charge in [0.1, 0.15) is 5.82 Å². The predicted molar refractivity (Wildman–Crippen MR) is 139 cm³/mol. The first-order chi connectivity index (χ1) is 17.4. The number of carbonyl (C=O) groups excluding carboxylic acids is 2. The quantitative estimate of drug-likeness (QED) is 0.427. The molecule has 2 aromatic heterocycles. The number of carbonyl (C=O) groups is 2. The average molecular weight is 483 g/mol. The van der Waals surface area contributed by atoms with Gasteiger partial charge in [0.05, 0.1) is 11.9 Å². The second-order valence-corrected chi connectivity index (χ2v) is 9.61. The van der Waals surface area contributed by atoms with Crippen molar-refractivity contribution in [1.82, 2.24) is 24.5 Å². The van der Waals surface area contributed by atoms with E-state index >= 15 is 0 Å². The lowest BCUT2D eigenvalue weighted by Gasteiger charge is -2.19. The molecule has 8 heteroatoms. The maximum Gasteiger partial charge on any atom is 0.256 e. The summed E-state index contributed by atoms with van der Waals surface area (Å²) in [5.41, 5.74) is 4.56. The molecule has 0 saturated heterocycles. The van der Waals surface area contributed by atoms with Crippen LogP contribution in [0, 0.1) is 6.92 Å². The van der Waals surface area contributed by atoms with Gasteiger partial charge >= 0.3 is 0 Å². The lowest BCUT2D eigenvalue weighted by Crippen LogP contribution is -2.21. The minimum atomic E-state index is -0.206. The molecule has 1 N–H and O–H groups in total. The molecule has 0 radical (unpaired) electrons. The maximum absolute atomic E-state index is 13.3. The Bertz CT molecular complexity index is 1420. The van der Waals surface area contributed by atoms with Gasteiger partial charge in [0, 0.05) is 37.3 Å². The summed E-state index contributed by atoms with van der Waals surface area (Å²) >= 11 is 0. The first-order valence-corrected chi connectivity index (χ1v) is 12.4. The summed E-state index contributed by atoms with van der Waals surface area (Å²) in [4.78, 5) is 31.4. The Hall–Kier alpha value is -4.07. The van der Waals surface area contributed by atoms with Gasteiger partial charge in [-0.2, -0.15) is 0 Å². The van der Waals surface area contributed by atoms with Crippen LogP contribution in [0.1, 0.15) is 70.1 Å². The number of benzene rings is 2. The number of rotatable bonds is 5. The van der Waals surface area contributed by atoms with E-state index in [0.29, 0.717) is 28.5 Å². The van der Waals surface area contributed by atoms with Crippen LogP contribution in [0.25, 0.3) is 16.9 Å². The van der Waals surface area contributed by atoms with Crippen molar-refractivity contribution < 1.29 is 9.59 Å². The highest BCUT2D eigenvalue weighted by molar-refractivity contribution is 6.06. The third kappa shape index (κ3) is 4.58. The molecule has 1 aliphatic rings. The molecule has 36 heavy (non-hydrogen) atoms. The summed E-state index contributed by atoms with van der Waals surface area (Å²) in [6.07, 6.45) is 9.36. The van der Waals surface area contributed by atoms with Crippen LogP contribution in [0.15, 0.2) is 54.9 Å². The Morgan fingerprint density at radius 1 is 1.00 bits per heavy atom. The molecule has 8 nitrogen and oxygen atoms in total. The summed E-state index contributed by atoms with van der Waals surface area (Å²) in [6.45, 7) is 1.94. The molecule has 2 heterocycles. The number of nitrogens with one attached hydrogen (secondary N) is 1. The van der Waals surface area contributed by atoms with Gasteiger partial charge in [-0.1, -0.05) is 43.5 Å². The second kappa shape index (κ2) is 9.89. The summed E-state index contributed by atoms with van der Waals surface area (Å²) in [7, 11) is 3.46. The summed E-state index contributed by atoms with van der Waals surface area (Å²) in [5.74, 6) is 1.59. The molecule has 1 saturated carbocycles. The molecule has 0 atom stereocenters. The lowest BCUT2D eigenvalue weighted by molar-refractivity contribution is 0.0827. The Morgan fingerprint density at radius 2 is 1.75 bits per heavy atom. The summed E-state index contributed by atoms with van der Waals surface area (Å²) in [5, 5.41) is 11.6. The molecule has 0 bridgehead atoms. The number of hydrogen-bond acceptors (Lipinski definition) is 5. The van der Waals surface area contributed by atoms with Gasteiger partial charge in [0.25, 0.3) is 17.6 Å². The van der Waals surface area contributed by atoms with Crippen LogP contribution in [0.5, 0.6) is 0 Å². The zero-order chi connectivity index (χ0) is 25.2. The van der Waals surface area contributed by atoms with Crippen molar-refractivity contribution in [3.05, 3.63) is 77.4 Å². The molecule has 4 aromatic rings. The lowest BCUT2D eigenvalue weighted by atomic mass is 9.89. The normalized spacial score (nSPS) is 14.1. The van der Waals surface area contributed by atoms with E-state index in [1.54, 1.807) is 25.2 Å². The zero-order valence-electron chi connectivity index (χ0n) is 20.9. The van der Waals surface area contributed by atoms with Crippen molar-refractivity contribution in [1.29, 1.82) is 0 Å². The maximum atomic E-state index is 13.3. The van der Waals surface area contributed by atoms with E-state index in [9.17, 15) is 9.59 Å². The zero-order valence-corrected chi connectivity index (χ0v) is 20.9. The highest BCUT2D eigenvalue weighted by Gasteiger charge is 2.22. The molecular formula is C28H30N6O2. The minimum absolute atomic E-state index is 0.0447. The minimum Gasteiger partial charge on any atom is -0.345 e. The van der Waals surface area contributed by atoms with E-state index in [0.717, 1.165) is 35.4 Å². The molecule has 0 unspecified atom stereocenters. The van der Waals surface area contributed by atoms with Crippen LogP contribution in [0.4, 0.5) is 5.69 Å². The van der Waals surface area contributed by atoms with Gasteiger partial charge in [-0.05, 0) is 54.7 Å². The molecule has 2 amide bonds. The monoisotopic (exact) mass is 482 g/mol. The molecule has 184 valence electrons. The van der Waals surface area contributed by atoms with Crippen molar-refractivity contribution in [2.45, 2.75) is 44.9 Å². The standard InChI is InChI=1S/C28H30N6O2/c1-18-23(19-12-14-21(15-13-19)27(36)33(2)3)10-7-11-24(18)26(35)30-22-16-29-28-32-31-25(34(28)17-22)20-8-5-4-6-9-20/h7,10-17,20H,4-6,8-9H2,1-3H3,(H,30,35). The van der Waals surface area contributed by atoms with Gasteiger partial charge in [-0.25, -0.2) is 4.98 Å². The van der Waals surface area contributed by atoms with Crippen molar-refractivity contribution in [3.63, 3.8) is 0 Å². The van der Waals surface area contributed by atoms with Crippen LogP contribution in [0.2, 0.25) is 0 Å². The number of hydrogen-bond donors (Lipinski definition) is 1. The summed E-state index contributed by atoms with van der Waals surface area (Å²) < 4.78 is 1.91. The van der Waals surface area contributed by atoms with E-state index in [1.165, 1.54) is 19.3 Å². The predicted octanol–water partition coefficient (Wildman–Crippen LogP) is 5.10. The van der Waals surface area contributed by atoms with Crippen LogP contribution in [0.3, 0.4) is 0 Å². The van der Waals surface area contributed by atoms with Crippen molar-refractivity contribution in [2.75, 3.05) is 19.4 Å². The molecule has 0 spiro atoms. The van der Waals surface area contributed by atoms with E-state index in [2.05, 4.69) is 20.5 Å². The molecule has 0 aliphatic heterocycles. The van der Waals surface area contributed by atoms with Crippen LogP contribution in [-0.2, 0) is 0 Å². The molecule has 2 aromatic carbocycles. The fraction of sp³-hybridized carbons (Fsp3) is 0.321. The number of aromatic nitrogens is 4. The number of fused-ring (bicyclic) bond motifs is 1. The van der Waals surface area contributed by atoms with Crippen molar-refractivity contribution >= 4 is 23.3 Å². The van der Waals surface area contributed by atoms with Crippen LogP contribution >= 0.6 is 0 Å². The fourth-order valence-electron chi connectivity index (χ4n) is 4.95. The highest BCUT2D eigenvalue weighted by atomic mass is 16.2. The first kappa shape index (κ1) is 23.7. The highest BCUT2D eigenvalue weighted by Crippen LogP contribution is 2.32. The Kier molecular flexibility index (Phi) is 6.50. The van der Waals surface area contributed by atoms with E-state index in [1.807, 2.05) is 60.0 Å². The Labute approximate surface area is 210 Å². The Balaban J connectivity index is 1.39. The van der Waals surface area contributed by atoms with Crippen LogP contribution in [-0.4, -0.2) is 50.4 Å². The summed E-state index contributed by atoms with van der Waals surface area (Å²) in [6, 6.07) is 13.1. The molecule has 1 aliphatic carbocycles. The van der Waals surface area contributed by atoms with Crippen LogP contribution < -0.4 is 5.32 Å². The number of amides is 2. The second-order valence-electron chi connectivity index (χ2n) is 9.61. The van der Waals surface area contributed by atoms with Gasteiger partial charge in [0.2, 0.25) is 0 Å². The van der Waals surface area contributed by atoms with Gasteiger partial charge < -0.3 is 10.2 Å². The number of nitrogens with zero attached hydrogens (tertiary/aromatic N) is 5. The molecular weight excluding hydrogens is 452 g/mol. The topological polar surface area (TPSA) is 92.5 Å². The van der Waals surface area contributed by atoms with Crippen molar-refractivity contribution in [3.8, 4) is 11.1 Å². The number of anilines is 1. The fourth-order valence-corrected chi connectivity index (χ4v) is 4.95. The smallest absolute Gasteiger partial charge is 0.256 e. The molecule has 1 fully saturated rings. The van der Waals surface area contributed by atoms with E-state index < -0.39 is 0 Å². The first-order valence-electron chi connectivity index (χ1n) is 12.4. The van der Waals surface area contributed by atoms with Gasteiger partial charge in [-0.3, -0.25) is 14.0 Å². The molecule has 5 rings (SSSR count). The third-order valence-corrected chi connectivity index (χ3v) is 6.95. The Morgan fingerprint density at radius 3 is 2.47 bits per heavy atom. The largest absolute Gasteiger partial charge is 0.345 e. The average Bonchev–Trinajstić information content (AvgIpc) is 3.32. The third-order valence-electron chi connectivity index (χ3n) is 6.95. The van der Waals surface area contributed by atoms with Crippen molar-refractivity contribution in [2.24, 2.45) is 0 Å². The van der Waals surface area contributed by atoms with E-state index in [-0.39, 0.29) is 11.8 Å². The SMILES string of the molecule is Cc1c(C(=O)Nc2cnc3nnc(C4CCCCC4)n3c2)cccc1-c1ccc(C(=O)N(C)C)cc1. The van der Waals surface area contributed by atoms with Gasteiger partial charge in [0.15, 0.2) is 0 Å². The van der Waals surface area contributed by atoms with Gasteiger partial charge in [-0.15, -0.1) is 10.2 Å². The van der Waals surface area contributed by atoms with E-state index in [4.69, 9.17) is 0 Å².